The number of carbonyl (C=O) groups is 1. The maximum atomic E-state index is 14.1. The highest BCUT2D eigenvalue weighted by molar-refractivity contribution is 6.04. The largest absolute Gasteiger partial charge is 0.493 e. The van der Waals surface area contributed by atoms with E-state index in [9.17, 15) is 9.18 Å². The standard InChI is InChI=1S/C22H25FN2O5/c1-27-19-12-18-20(22(29-3)21(19)28-2)16(26)11-17(30-18)14-5-4-13(23)10-15(14)25-8-6-24-7-9-25/h4-5,10,12,17,24H,6-9,11H2,1-3H3. The van der Waals surface area contributed by atoms with Crippen LogP contribution < -0.4 is 29.2 Å². The SMILES string of the molecule is COc1cc2c(c(OC)c1OC)C(=O)CC(c1ccc(F)cc1N1CCNCC1)O2. The number of ether oxygens (including phenoxy) is 4. The number of hydrogen-bond donors (Lipinski definition) is 1. The number of halogens is 1. The lowest BCUT2D eigenvalue weighted by Crippen LogP contribution is -2.44. The third-order valence-electron chi connectivity index (χ3n) is 5.51. The number of hydrogen-bond acceptors (Lipinski definition) is 7. The highest BCUT2D eigenvalue weighted by Crippen LogP contribution is 2.49. The van der Waals surface area contributed by atoms with Gasteiger partial charge in [0.15, 0.2) is 17.3 Å². The summed E-state index contributed by atoms with van der Waals surface area (Å²) in [6, 6.07) is 6.25. The Hall–Kier alpha value is -3.00. The van der Waals surface area contributed by atoms with Crippen LogP contribution in [0.3, 0.4) is 0 Å². The summed E-state index contributed by atoms with van der Waals surface area (Å²) in [5, 5.41) is 3.29. The average Bonchev–Trinajstić information content (AvgIpc) is 2.78. The van der Waals surface area contributed by atoms with Crippen molar-refractivity contribution in [3.63, 3.8) is 0 Å². The van der Waals surface area contributed by atoms with Crippen molar-refractivity contribution in [2.45, 2.75) is 12.5 Å². The normalized spacial score (nSPS) is 18.5. The van der Waals surface area contributed by atoms with Gasteiger partial charge in [-0.25, -0.2) is 4.39 Å². The van der Waals surface area contributed by atoms with E-state index >= 15 is 0 Å². The highest BCUT2D eigenvalue weighted by Gasteiger charge is 2.35. The molecule has 7 nitrogen and oxygen atoms in total. The van der Waals surface area contributed by atoms with Crippen LogP contribution in [0.1, 0.15) is 28.4 Å². The zero-order chi connectivity index (χ0) is 21.3. The Kier molecular flexibility index (Phi) is 5.67. The smallest absolute Gasteiger partial charge is 0.204 e. The number of anilines is 1. The van der Waals surface area contributed by atoms with Crippen molar-refractivity contribution in [2.24, 2.45) is 0 Å². The molecule has 8 heteroatoms. The molecule has 1 fully saturated rings. The molecule has 0 amide bonds. The van der Waals surface area contributed by atoms with E-state index in [2.05, 4.69) is 10.2 Å². The number of fused-ring (bicyclic) bond motifs is 1. The molecule has 2 aliphatic rings. The van der Waals surface area contributed by atoms with E-state index in [0.717, 1.165) is 37.4 Å². The Labute approximate surface area is 174 Å². The minimum Gasteiger partial charge on any atom is -0.493 e. The number of Topliss-reactive ketones (excluding diaryl/α,β-unsaturated/α-hetero) is 1. The van der Waals surface area contributed by atoms with Gasteiger partial charge in [-0.15, -0.1) is 0 Å². The Morgan fingerprint density at radius 3 is 2.47 bits per heavy atom. The Morgan fingerprint density at radius 2 is 1.80 bits per heavy atom. The van der Waals surface area contributed by atoms with E-state index in [1.165, 1.54) is 33.5 Å². The molecule has 2 heterocycles. The molecule has 0 radical (unpaired) electrons. The molecule has 0 bridgehead atoms. The maximum absolute atomic E-state index is 14.1. The van der Waals surface area contributed by atoms with E-state index in [-0.39, 0.29) is 23.8 Å². The molecule has 30 heavy (non-hydrogen) atoms. The van der Waals surface area contributed by atoms with Crippen LogP contribution in [-0.4, -0.2) is 53.3 Å². The van der Waals surface area contributed by atoms with Gasteiger partial charge in [-0.2, -0.15) is 0 Å². The van der Waals surface area contributed by atoms with Crippen LogP contribution in [0.2, 0.25) is 0 Å². The minimum atomic E-state index is -0.543. The van der Waals surface area contributed by atoms with Crippen molar-refractivity contribution in [1.82, 2.24) is 5.32 Å². The van der Waals surface area contributed by atoms with Crippen LogP contribution in [0.15, 0.2) is 24.3 Å². The van der Waals surface area contributed by atoms with Crippen molar-refractivity contribution in [3.8, 4) is 23.0 Å². The first kappa shape index (κ1) is 20.3. The molecule has 2 aromatic rings. The Balaban J connectivity index is 1.76. The first-order valence-electron chi connectivity index (χ1n) is 9.85. The summed E-state index contributed by atoms with van der Waals surface area (Å²) in [6.45, 7) is 3.15. The van der Waals surface area contributed by atoms with E-state index in [1.54, 1.807) is 12.1 Å². The monoisotopic (exact) mass is 416 g/mol. The van der Waals surface area contributed by atoms with Crippen LogP contribution in [0, 0.1) is 5.82 Å². The molecule has 4 rings (SSSR count). The second-order valence-corrected chi connectivity index (χ2v) is 7.19. The lowest BCUT2D eigenvalue weighted by Gasteiger charge is -2.34. The molecule has 1 N–H and O–H groups in total. The molecule has 2 aliphatic heterocycles. The Bertz CT molecular complexity index is 959. The molecule has 1 unspecified atom stereocenters. The summed E-state index contributed by atoms with van der Waals surface area (Å²) < 4.78 is 36.5. The molecule has 0 saturated carbocycles. The molecular formula is C22H25FN2O5. The third kappa shape index (κ3) is 3.52. The lowest BCUT2D eigenvalue weighted by molar-refractivity contribution is 0.0843. The number of piperazine rings is 1. The van der Waals surface area contributed by atoms with Gasteiger partial charge >= 0.3 is 0 Å². The van der Waals surface area contributed by atoms with Gasteiger partial charge < -0.3 is 29.2 Å². The lowest BCUT2D eigenvalue weighted by atomic mass is 9.93. The van der Waals surface area contributed by atoms with Crippen LogP contribution >= 0.6 is 0 Å². The number of carbonyl (C=O) groups excluding carboxylic acids is 1. The van der Waals surface area contributed by atoms with Gasteiger partial charge in [0, 0.05) is 43.5 Å². The number of benzene rings is 2. The average molecular weight is 416 g/mol. The number of nitrogens with one attached hydrogen (secondary N) is 1. The first-order chi connectivity index (χ1) is 14.6. The van der Waals surface area contributed by atoms with E-state index in [4.69, 9.17) is 18.9 Å². The first-order valence-corrected chi connectivity index (χ1v) is 9.85. The number of rotatable bonds is 5. The van der Waals surface area contributed by atoms with Crippen LogP contribution in [0.25, 0.3) is 0 Å². The number of methoxy groups -OCH3 is 3. The minimum absolute atomic E-state index is 0.115. The van der Waals surface area contributed by atoms with Gasteiger partial charge in [-0.1, -0.05) is 6.07 Å². The van der Waals surface area contributed by atoms with Gasteiger partial charge in [-0.05, 0) is 12.1 Å². The topological polar surface area (TPSA) is 69.3 Å². The fourth-order valence-corrected chi connectivity index (χ4v) is 4.10. The number of nitrogens with zero attached hydrogens (tertiary/aromatic N) is 1. The molecule has 2 aromatic carbocycles. The van der Waals surface area contributed by atoms with Gasteiger partial charge in [0.25, 0.3) is 0 Å². The molecule has 1 saturated heterocycles. The van der Waals surface area contributed by atoms with Gasteiger partial charge in [-0.3, -0.25) is 4.79 Å². The molecular weight excluding hydrogens is 391 g/mol. The highest BCUT2D eigenvalue weighted by atomic mass is 19.1. The van der Waals surface area contributed by atoms with Crippen molar-refractivity contribution in [1.29, 1.82) is 0 Å². The summed E-state index contributed by atoms with van der Waals surface area (Å²) >= 11 is 0. The van der Waals surface area contributed by atoms with Crippen molar-refractivity contribution in [3.05, 3.63) is 41.2 Å². The van der Waals surface area contributed by atoms with E-state index in [1.807, 2.05) is 0 Å². The quantitative estimate of drug-likeness (QED) is 0.804. The predicted octanol–water partition coefficient (Wildman–Crippen LogP) is 2.97. The molecule has 0 aliphatic carbocycles. The van der Waals surface area contributed by atoms with E-state index < -0.39 is 6.10 Å². The van der Waals surface area contributed by atoms with Gasteiger partial charge in [0.2, 0.25) is 5.75 Å². The summed E-state index contributed by atoms with van der Waals surface area (Å²) in [6.07, 6.45) is -0.429. The number of ketones is 1. The fourth-order valence-electron chi connectivity index (χ4n) is 4.10. The zero-order valence-corrected chi connectivity index (χ0v) is 17.3. The molecule has 1 atom stereocenters. The summed E-state index contributed by atoms with van der Waals surface area (Å²) in [4.78, 5) is 15.2. The van der Waals surface area contributed by atoms with Gasteiger partial charge in [0.1, 0.15) is 23.2 Å². The molecule has 0 aromatic heterocycles. The van der Waals surface area contributed by atoms with Crippen LogP contribution in [0.5, 0.6) is 23.0 Å². The van der Waals surface area contributed by atoms with Crippen molar-refractivity contribution in [2.75, 3.05) is 52.4 Å². The van der Waals surface area contributed by atoms with Crippen LogP contribution in [-0.2, 0) is 0 Å². The zero-order valence-electron chi connectivity index (χ0n) is 17.3. The van der Waals surface area contributed by atoms with Crippen LogP contribution in [0.4, 0.5) is 10.1 Å². The van der Waals surface area contributed by atoms with Crippen molar-refractivity contribution < 1.29 is 28.1 Å². The van der Waals surface area contributed by atoms with Gasteiger partial charge in [0.05, 0.1) is 27.8 Å². The summed E-state index contributed by atoms with van der Waals surface area (Å²) in [7, 11) is 4.47. The van der Waals surface area contributed by atoms with E-state index in [0.29, 0.717) is 22.8 Å². The Morgan fingerprint density at radius 1 is 1.07 bits per heavy atom. The predicted molar refractivity (Wildman–Crippen MR) is 110 cm³/mol. The maximum Gasteiger partial charge on any atom is 0.204 e. The third-order valence-corrected chi connectivity index (χ3v) is 5.51. The second kappa shape index (κ2) is 8.39. The summed E-state index contributed by atoms with van der Waals surface area (Å²) in [5.41, 5.74) is 1.87. The second-order valence-electron chi connectivity index (χ2n) is 7.19. The molecule has 0 spiro atoms. The fraction of sp³-hybridized carbons (Fsp3) is 0.409. The van der Waals surface area contributed by atoms with Crippen molar-refractivity contribution >= 4 is 11.5 Å². The molecule has 160 valence electrons. The summed E-state index contributed by atoms with van der Waals surface area (Å²) in [5.74, 6) is 0.955.